The molecule has 1 amide bonds. The van der Waals surface area contributed by atoms with Gasteiger partial charge in [-0.25, -0.2) is 0 Å². The highest BCUT2D eigenvalue weighted by molar-refractivity contribution is 9.10. The molecule has 0 unspecified atom stereocenters. The Bertz CT molecular complexity index is 898. The van der Waals surface area contributed by atoms with Crippen LogP contribution in [-0.2, 0) is 4.79 Å². The van der Waals surface area contributed by atoms with Crippen molar-refractivity contribution < 1.29 is 9.53 Å². The molecule has 1 fully saturated rings. The van der Waals surface area contributed by atoms with Gasteiger partial charge in [0.1, 0.15) is 17.4 Å². The number of halogens is 1. The highest BCUT2D eigenvalue weighted by Crippen LogP contribution is 2.27. The Balaban J connectivity index is 1.68. The topological polar surface area (TPSA) is 56.6 Å². The average Bonchev–Trinajstić information content (AvgIpc) is 2.74. The minimum absolute atomic E-state index is 0.143. The molecule has 0 radical (unpaired) electrons. The standard InChI is InChI=1S/C22H22BrN3O2/c1-2-28-21-9-8-17(15-20(21)23)14-18(16-24)22(27)26-12-10-25(11-13-26)19-6-4-3-5-7-19/h3-9,14-15H,2,10-13H2,1H3/b18-14-. The van der Waals surface area contributed by atoms with Crippen LogP contribution in [0.3, 0.4) is 0 Å². The molecular weight excluding hydrogens is 418 g/mol. The minimum Gasteiger partial charge on any atom is -0.493 e. The van der Waals surface area contributed by atoms with Gasteiger partial charge in [0.05, 0.1) is 11.1 Å². The normalized spacial score (nSPS) is 14.5. The number of para-hydroxylation sites is 1. The molecule has 1 aliphatic heterocycles. The average molecular weight is 440 g/mol. The number of ether oxygens (including phenoxy) is 1. The zero-order chi connectivity index (χ0) is 19.9. The number of hydrogen-bond acceptors (Lipinski definition) is 4. The van der Waals surface area contributed by atoms with Crippen LogP contribution in [0.15, 0.2) is 58.6 Å². The number of hydrogen-bond donors (Lipinski definition) is 0. The van der Waals surface area contributed by atoms with Crippen molar-refractivity contribution in [1.82, 2.24) is 4.90 Å². The smallest absolute Gasteiger partial charge is 0.264 e. The quantitative estimate of drug-likeness (QED) is 0.519. The second-order valence-electron chi connectivity index (χ2n) is 6.41. The summed E-state index contributed by atoms with van der Waals surface area (Å²) in [4.78, 5) is 16.8. The maximum atomic E-state index is 12.8. The predicted molar refractivity (Wildman–Crippen MR) is 114 cm³/mol. The van der Waals surface area contributed by atoms with Gasteiger partial charge in [-0.05, 0) is 58.8 Å². The van der Waals surface area contributed by atoms with Gasteiger partial charge in [-0.3, -0.25) is 4.79 Å². The molecule has 1 aliphatic rings. The molecule has 0 saturated carbocycles. The lowest BCUT2D eigenvalue weighted by Gasteiger charge is -2.36. The van der Waals surface area contributed by atoms with Crippen LogP contribution >= 0.6 is 15.9 Å². The molecule has 2 aromatic rings. The fourth-order valence-electron chi connectivity index (χ4n) is 3.16. The first kappa shape index (κ1) is 20.0. The second kappa shape index (κ2) is 9.43. The van der Waals surface area contributed by atoms with Crippen molar-refractivity contribution in [3.05, 3.63) is 64.1 Å². The molecule has 28 heavy (non-hydrogen) atoms. The predicted octanol–water partition coefficient (Wildman–Crippen LogP) is 4.10. The molecule has 2 aromatic carbocycles. The molecule has 0 aliphatic carbocycles. The van der Waals surface area contributed by atoms with Crippen molar-refractivity contribution >= 4 is 33.6 Å². The molecule has 1 heterocycles. The molecule has 0 spiro atoms. The van der Waals surface area contributed by atoms with E-state index in [2.05, 4.69) is 39.0 Å². The van der Waals surface area contributed by atoms with E-state index in [1.54, 1.807) is 11.0 Å². The Morgan fingerprint density at radius 1 is 1.18 bits per heavy atom. The van der Waals surface area contributed by atoms with Gasteiger partial charge in [0.25, 0.3) is 5.91 Å². The maximum Gasteiger partial charge on any atom is 0.264 e. The highest BCUT2D eigenvalue weighted by atomic mass is 79.9. The van der Waals surface area contributed by atoms with Crippen LogP contribution in [0.5, 0.6) is 5.75 Å². The van der Waals surface area contributed by atoms with Crippen LogP contribution in [0.2, 0.25) is 0 Å². The van der Waals surface area contributed by atoms with Crippen molar-refractivity contribution in [3.8, 4) is 11.8 Å². The van der Waals surface area contributed by atoms with Gasteiger partial charge in [-0.2, -0.15) is 5.26 Å². The van der Waals surface area contributed by atoms with Crippen molar-refractivity contribution in [2.75, 3.05) is 37.7 Å². The van der Waals surface area contributed by atoms with Crippen LogP contribution in [-0.4, -0.2) is 43.6 Å². The molecule has 6 heteroatoms. The van der Waals surface area contributed by atoms with Crippen LogP contribution in [0, 0.1) is 11.3 Å². The summed E-state index contributed by atoms with van der Waals surface area (Å²) in [6.45, 7) is 5.19. The lowest BCUT2D eigenvalue weighted by Crippen LogP contribution is -2.49. The number of carbonyl (C=O) groups is 1. The van der Waals surface area contributed by atoms with Gasteiger partial charge in [-0.1, -0.05) is 24.3 Å². The highest BCUT2D eigenvalue weighted by Gasteiger charge is 2.23. The van der Waals surface area contributed by atoms with Crippen LogP contribution in [0.1, 0.15) is 12.5 Å². The van der Waals surface area contributed by atoms with Crippen molar-refractivity contribution in [3.63, 3.8) is 0 Å². The summed E-state index contributed by atoms with van der Waals surface area (Å²) in [5.41, 5.74) is 2.08. The molecular formula is C22H22BrN3O2. The fourth-order valence-corrected chi connectivity index (χ4v) is 3.68. The van der Waals surface area contributed by atoms with E-state index in [4.69, 9.17) is 4.74 Å². The van der Waals surface area contributed by atoms with E-state index >= 15 is 0 Å². The number of nitriles is 1. The molecule has 5 nitrogen and oxygen atoms in total. The largest absolute Gasteiger partial charge is 0.493 e. The van der Waals surface area contributed by atoms with Gasteiger partial charge in [0, 0.05) is 31.9 Å². The van der Waals surface area contributed by atoms with Crippen molar-refractivity contribution in [2.45, 2.75) is 6.92 Å². The third kappa shape index (κ3) is 4.73. The van der Waals surface area contributed by atoms with E-state index in [1.807, 2.05) is 43.3 Å². The van der Waals surface area contributed by atoms with E-state index in [9.17, 15) is 10.1 Å². The van der Waals surface area contributed by atoms with Gasteiger partial charge < -0.3 is 14.5 Å². The summed E-state index contributed by atoms with van der Waals surface area (Å²) in [6, 6.07) is 17.7. The molecule has 0 aromatic heterocycles. The Labute approximate surface area is 173 Å². The van der Waals surface area contributed by atoms with Gasteiger partial charge in [0.15, 0.2) is 0 Å². The number of piperazine rings is 1. The zero-order valence-electron chi connectivity index (χ0n) is 15.8. The van der Waals surface area contributed by atoms with E-state index in [0.29, 0.717) is 19.7 Å². The van der Waals surface area contributed by atoms with Crippen molar-refractivity contribution in [1.29, 1.82) is 5.26 Å². The molecule has 3 rings (SSSR count). The minimum atomic E-state index is -0.222. The third-order valence-corrected chi connectivity index (χ3v) is 5.23. The summed E-state index contributed by atoms with van der Waals surface area (Å²) >= 11 is 3.46. The number of nitrogens with zero attached hydrogens (tertiary/aromatic N) is 3. The first-order valence-electron chi connectivity index (χ1n) is 9.25. The van der Waals surface area contributed by atoms with Crippen LogP contribution < -0.4 is 9.64 Å². The first-order chi connectivity index (χ1) is 13.6. The molecule has 0 N–H and O–H groups in total. The third-order valence-electron chi connectivity index (χ3n) is 4.61. The van der Waals surface area contributed by atoms with E-state index in [0.717, 1.165) is 34.6 Å². The number of benzene rings is 2. The molecule has 1 saturated heterocycles. The van der Waals surface area contributed by atoms with Crippen molar-refractivity contribution in [2.24, 2.45) is 0 Å². The summed E-state index contributed by atoms with van der Waals surface area (Å²) < 4.78 is 6.30. The Hall–Kier alpha value is -2.78. The Kier molecular flexibility index (Phi) is 6.72. The molecule has 144 valence electrons. The van der Waals surface area contributed by atoms with Gasteiger partial charge in [-0.15, -0.1) is 0 Å². The number of amides is 1. The summed E-state index contributed by atoms with van der Waals surface area (Å²) in [7, 11) is 0. The summed E-state index contributed by atoms with van der Waals surface area (Å²) in [5.74, 6) is 0.515. The monoisotopic (exact) mass is 439 g/mol. The summed E-state index contributed by atoms with van der Waals surface area (Å²) in [6.07, 6.45) is 1.63. The van der Waals surface area contributed by atoms with E-state index in [-0.39, 0.29) is 11.5 Å². The number of anilines is 1. The van der Waals surface area contributed by atoms with E-state index < -0.39 is 0 Å². The Morgan fingerprint density at radius 2 is 1.89 bits per heavy atom. The lowest BCUT2D eigenvalue weighted by molar-refractivity contribution is -0.126. The van der Waals surface area contributed by atoms with E-state index in [1.165, 1.54) is 0 Å². The second-order valence-corrected chi connectivity index (χ2v) is 7.26. The van der Waals surface area contributed by atoms with Crippen LogP contribution in [0.25, 0.3) is 6.08 Å². The maximum absolute atomic E-state index is 12.8. The SMILES string of the molecule is CCOc1ccc(/C=C(/C#N)C(=O)N2CCN(c3ccccc3)CC2)cc1Br. The number of rotatable bonds is 5. The first-order valence-corrected chi connectivity index (χ1v) is 10.0. The summed E-state index contributed by atoms with van der Waals surface area (Å²) in [5, 5.41) is 9.51. The number of carbonyl (C=O) groups excluding carboxylic acids is 1. The molecule has 0 bridgehead atoms. The lowest BCUT2D eigenvalue weighted by atomic mass is 10.1. The zero-order valence-corrected chi connectivity index (χ0v) is 17.4. The van der Waals surface area contributed by atoms with Gasteiger partial charge in [0.2, 0.25) is 0 Å². The molecule has 0 atom stereocenters. The van der Waals surface area contributed by atoms with Gasteiger partial charge >= 0.3 is 0 Å². The fraction of sp³-hybridized carbons (Fsp3) is 0.273. The van der Waals surface area contributed by atoms with Crippen LogP contribution in [0.4, 0.5) is 5.69 Å². The Morgan fingerprint density at radius 3 is 2.50 bits per heavy atom.